The van der Waals surface area contributed by atoms with Crippen LogP contribution in [0, 0.1) is 0 Å². The molecule has 0 fully saturated rings. The summed E-state index contributed by atoms with van der Waals surface area (Å²) in [6.07, 6.45) is -1.97. The Hall–Kier alpha value is -0.740. The van der Waals surface area contributed by atoms with Crippen LogP contribution in [0.2, 0.25) is 0 Å². The van der Waals surface area contributed by atoms with Crippen molar-refractivity contribution in [1.82, 2.24) is 0 Å². The van der Waals surface area contributed by atoms with E-state index >= 15 is 0 Å². The van der Waals surface area contributed by atoms with Crippen molar-refractivity contribution >= 4 is 32.5 Å². The van der Waals surface area contributed by atoms with Gasteiger partial charge in [-0.15, -0.1) is 0 Å². The van der Waals surface area contributed by atoms with Crippen molar-refractivity contribution in [3.8, 4) is 5.75 Å². The smallest absolute Gasteiger partial charge is 0.471 e. The zero-order chi connectivity index (χ0) is 17.7. The number of methoxy groups -OCH3 is 1. The summed E-state index contributed by atoms with van der Waals surface area (Å²) in [4.78, 5) is 46.6. The molecule has 1 aromatic rings. The number of phosphoric acid groups is 2. The van der Waals surface area contributed by atoms with Crippen LogP contribution in [0.5, 0.6) is 5.75 Å². The molecular formula is C10H14O10P2S. The topological polar surface area (TPSA) is 160 Å². The minimum atomic E-state index is -5.06. The summed E-state index contributed by atoms with van der Waals surface area (Å²) in [5.74, 6) is -0.0137. The molecule has 0 aliphatic heterocycles. The molecule has 0 bridgehead atoms. The number of carbonyl (C=O) groups is 1. The second-order valence-corrected chi connectivity index (χ2v) is 7.33. The minimum absolute atomic E-state index is 0.252. The molecule has 13 heteroatoms. The van der Waals surface area contributed by atoms with Crippen molar-refractivity contribution in [1.29, 1.82) is 0 Å². The second kappa shape index (κ2) is 8.39. The molecule has 0 heterocycles. The van der Waals surface area contributed by atoms with Crippen LogP contribution in [0.4, 0.5) is 0 Å². The maximum absolute atomic E-state index is 11.9. The lowest BCUT2D eigenvalue weighted by Gasteiger charge is -2.18. The highest BCUT2D eigenvalue weighted by atomic mass is 32.2. The van der Waals surface area contributed by atoms with Gasteiger partial charge in [0.1, 0.15) is 5.75 Å². The number of hydrogen-bond acceptors (Lipinski definition) is 7. The molecule has 0 unspecified atom stereocenters. The third-order valence-corrected chi connectivity index (χ3v) is 4.14. The van der Waals surface area contributed by atoms with Crippen molar-refractivity contribution in [3.63, 3.8) is 0 Å². The van der Waals surface area contributed by atoms with Gasteiger partial charge in [-0.3, -0.25) is 13.8 Å². The first-order valence-electron chi connectivity index (χ1n) is 5.79. The largest absolute Gasteiger partial charge is 0.497 e. The highest BCUT2D eigenvalue weighted by Gasteiger charge is 2.30. The number of ether oxygens (including phenoxy) is 1. The van der Waals surface area contributed by atoms with Crippen LogP contribution in [0.25, 0.3) is 0 Å². The fraction of sp³-hybridized carbons (Fsp3) is 0.300. The van der Waals surface area contributed by atoms with Crippen molar-refractivity contribution in [2.75, 3.05) is 12.9 Å². The Kier molecular flexibility index (Phi) is 7.40. The number of benzene rings is 1. The van der Waals surface area contributed by atoms with E-state index in [9.17, 15) is 13.9 Å². The SMILES string of the molecule is COc1ccc(C(=O)SCC(OP(=O)(O)O)OP(=O)(O)O)cc1. The lowest BCUT2D eigenvalue weighted by atomic mass is 10.2. The summed E-state index contributed by atoms with van der Waals surface area (Å²) in [5, 5.41) is -0.513. The molecule has 130 valence electrons. The molecule has 4 N–H and O–H groups in total. The molecule has 0 spiro atoms. The maximum Gasteiger partial charge on any atom is 0.471 e. The molecule has 0 aliphatic rings. The molecule has 23 heavy (non-hydrogen) atoms. The zero-order valence-electron chi connectivity index (χ0n) is 11.6. The summed E-state index contributed by atoms with van der Waals surface area (Å²) in [5.41, 5.74) is 0.252. The lowest BCUT2D eigenvalue weighted by Crippen LogP contribution is -2.18. The minimum Gasteiger partial charge on any atom is -0.497 e. The number of thioether (sulfide) groups is 1. The van der Waals surface area contributed by atoms with E-state index < -0.39 is 32.8 Å². The van der Waals surface area contributed by atoms with E-state index in [2.05, 4.69) is 9.05 Å². The van der Waals surface area contributed by atoms with E-state index in [1.807, 2.05) is 0 Å². The summed E-state index contributed by atoms with van der Waals surface area (Å²) in [6, 6.07) is 5.97. The van der Waals surface area contributed by atoms with Gasteiger partial charge in [0.15, 0.2) is 6.29 Å². The molecule has 0 saturated heterocycles. The van der Waals surface area contributed by atoms with Gasteiger partial charge in [0, 0.05) is 5.56 Å². The molecule has 1 aromatic carbocycles. The van der Waals surface area contributed by atoms with Crippen LogP contribution in [0.3, 0.4) is 0 Å². The summed E-state index contributed by atoms with van der Waals surface area (Å²) >= 11 is 0.516. The highest BCUT2D eigenvalue weighted by molar-refractivity contribution is 8.14. The third-order valence-electron chi connectivity index (χ3n) is 2.19. The van der Waals surface area contributed by atoms with Gasteiger partial charge in [0.05, 0.1) is 12.9 Å². The molecular weight excluding hydrogens is 374 g/mol. The fourth-order valence-corrected chi connectivity index (χ4v) is 3.18. The van der Waals surface area contributed by atoms with E-state index in [0.29, 0.717) is 17.5 Å². The van der Waals surface area contributed by atoms with Crippen LogP contribution >= 0.6 is 27.4 Å². The van der Waals surface area contributed by atoms with Gasteiger partial charge in [-0.2, -0.15) is 0 Å². The van der Waals surface area contributed by atoms with Gasteiger partial charge >= 0.3 is 15.6 Å². The van der Waals surface area contributed by atoms with Gasteiger partial charge in [-0.1, -0.05) is 11.8 Å². The third kappa shape index (κ3) is 8.61. The first-order valence-corrected chi connectivity index (χ1v) is 9.84. The lowest BCUT2D eigenvalue weighted by molar-refractivity contribution is -0.0158. The van der Waals surface area contributed by atoms with Crippen LogP contribution < -0.4 is 4.74 Å². The van der Waals surface area contributed by atoms with E-state index in [-0.39, 0.29) is 5.56 Å². The van der Waals surface area contributed by atoms with Gasteiger partial charge in [0.2, 0.25) is 5.12 Å². The van der Waals surface area contributed by atoms with E-state index in [0.717, 1.165) is 0 Å². The Balaban J connectivity index is 2.70. The first-order chi connectivity index (χ1) is 10.5. The van der Waals surface area contributed by atoms with Crippen molar-refractivity contribution in [3.05, 3.63) is 29.8 Å². The number of hydrogen-bond donors (Lipinski definition) is 4. The first kappa shape index (κ1) is 20.3. The number of phosphoric ester groups is 2. The molecule has 0 aromatic heterocycles. The summed E-state index contributed by atoms with van der Waals surface area (Å²) in [7, 11) is -8.67. The normalized spacial score (nSPS) is 12.4. The molecule has 10 nitrogen and oxygen atoms in total. The molecule has 0 radical (unpaired) electrons. The Morgan fingerprint density at radius 2 is 1.57 bits per heavy atom. The Labute approximate surface area is 135 Å². The van der Waals surface area contributed by atoms with Crippen molar-refractivity contribution in [2.45, 2.75) is 6.29 Å². The summed E-state index contributed by atoms with van der Waals surface area (Å²) in [6.45, 7) is 0. The Morgan fingerprint density at radius 3 is 1.96 bits per heavy atom. The van der Waals surface area contributed by atoms with Gasteiger partial charge in [0.25, 0.3) is 0 Å². The average Bonchev–Trinajstić information content (AvgIpc) is 2.41. The molecule has 1 rings (SSSR count). The highest BCUT2D eigenvalue weighted by Crippen LogP contribution is 2.44. The Morgan fingerprint density at radius 1 is 1.09 bits per heavy atom. The van der Waals surface area contributed by atoms with Crippen LogP contribution in [0.15, 0.2) is 24.3 Å². The Bertz CT molecular complexity index is 597. The van der Waals surface area contributed by atoms with E-state index in [1.165, 1.54) is 31.4 Å². The summed E-state index contributed by atoms with van der Waals surface area (Å²) < 4.78 is 34.6. The molecule has 0 saturated carbocycles. The monoisotopic (exact) mass is 388 g/mol. The molecule has 0 amide bonds. The van der Waals surface area contributed by atoms with Gasteiger partial charge in [-0.05, 0) is 24.3 Å². The van der Waals surface area contributed by atoms with Crippen LogP contribution in [0.1, 0.15) is 10.4 Å². The number of rotatable bonds is 8. The molecule has 0 aliphatic carbocycles. The van der Waals surface area contributed by atoms with Crippen molar-refractivity contribution < 1.29 is 47.3 Å². The predicted molar refractivity (Wildman–Crippen MR) is 79.8 cm³/mol. The van der Waals surface area contributed by atoms with Gasteiger partial charge in [-0.25, -0.2) is 9.13 Å². The zero-order valence-corrected chi connectivity index (χ0v) is 14.2. The molecule has 0 atom stereocenters. The predicted octanol–water partition coefficient (Wildman–Crippen LogP) is 1.11. The van der Waals surface area contributed by atoms with Crippen LogP contribution in [-0.2, 0) is 18.2 Å². The maximum atomic E-state index is 11.9. The quantitative estimate of drug-likeness (QED) is 0.373. The fourth-order valence-electron chi connectivity index (χ4n) is 1.34. The van der Waals surface area contributed by atoms with E-state index in [1.54, 1.807) is 0 Å². The standard InChI is InChI=1S/C10H14O10P2S/c1-18-8-4-2-7(3-5-8)10(11)23-6-9(19-21(12,13)14)20-22(15,16)17/h2-5,9H,6H2,1H3,(H2,12,13,14)(H2,15,16,17). The van der Waals surface area contributed by atoms with E-state index in [4.69, 9.17) is 24.3 Å². The van der Waals surface area contributed by atoms with Crippen molar-refractivity contribution in [2.24, 2.45) is 0 Å². The number of carbonyl (C=O) groups excluding carboxylic acids is 1. The van der Waals surface area contributed by atoms with Gasteiger partial charge < -0.3 is 24.3 Å². The van der Waals surface area contributed by atoms with Crippen LogP contribution in [-0.4, -0.2) is 43.8 Å². The second-order valence-electron chi connectivity index (χ2n) is 3.95. The average molecular weight is 388 g/mol.